The van der Waals surface area contributed by atoms with E-state index >= 15 is 0 Å². The normalized spacial score (nSPS) is 16.4. The fraction of sp³-hybridized carbons (Fsp3) is 0.579. The van der Waals surface area contributed by atoms with Crippen molar-refractivity contribution in [3.05, 3.63) is 34.9 Å². The van der Waals surface area contributed by atoms with Gasteiger partial charge in [0.1, 0.15) is 0 Å². The topological polar surface area (TPSA) is 77.0 Å². The monoisotopic (exact) mass is 508 g/mol. The van der Waals surface area contributed by atoms with Gasteiger partial charge in [-0.3, -0.25) is 9.79 Å². The second-order valence-corrected chi connectivity index (χ2v) is 7.01. The Bertz CT molecular complexity index is 604. The molecule has 0 bridgehead atoms. The summed E-state index contributed by atoms with van der Waals surface area (Å²) in [5.74, 6) is 1.35. The highest BCUT2D eigenvalue weighted by atomic mass is 127. The number of amides is 1. The van der Waals surface area contributed by atoms with E-state index in [0.717, 1.165) is 44.0 Å². The van der Waals surface area contributed by atoms with Crippen molar-refractivity contribution < 1.29 is 9.90 Å². The maximum atomic E-state index is 11.5. The van der Waals surface area contributed by atoms with Crippen LogP contribution in [0, 0.1) is 5.92 Å². The lowest BCUT2D eigenvalue weighted by atomic mass is 9.93. The van der Waals surface area contributed by atoms with Crippen LogP contribution in [-0.2, 0) is 4.79 Å². The van der Waals surface area contributed by atoms with E-state index in [2.05, 4.69) is 20.5 Å². The van der Waals surface area contributed by atoms with Gasteiger partial charge in [-0.25, -0.2) is 0 Å². The average molecular weight is 509 g/mol. The number of aliphatic hydroxyl groups excluding tert-OH is 1. The summed E-state index contributed by atoms with van der Waals surface area (Å²) < 4.78 is 0. The SMILES string of the molecule is CCNC(=NCC(O)c1ccc(Cl)cc1)N1CCC(CC(=O)NC)CC1.I. The molecule has 1 fully saturated rings. The molecule has 6 nitrogen and oxygen atoms in total. The zero-order valence-electron chi connectivity index (χ0n) is 15.9. The van der Waals surface area contributed by atoms with Crippen LogP contribution in [0.25, 0.3) is 0 Å². The molecule has 1 aliphatic rings. The van der Waals surface area contributed by atoms with E-state index in [1.165, 1.54) is 0 Å². The molecule has 0 spiro atoms. The number of carbonyl (C=O) groups is 1. The van der Waals surface area contributed by atoms with Gasteiger partial charge in [0.15, 0.2) is 5.96 Å². The highest BCUT2D eigenvalue weighted by Gasteiger charge is 2.23. The molecule has 0 aliphatic carbocycles. The number of piperidine rings is 1. The largest absolute Gasteiger partial charge is 0.386 e. The zero-order valence-corrected chi connectivity index (χ0v) is 19.0. The maximum absolute atomic E-state index is 11.5. The fourth-order valence-corrected chi connectivity index (χ4v) is 3.23. The molecular weight excluding hydrogens is 479 g/mol. The lowest BCUT2D eigenvalue weighted by Crippen LogP contribution is -2.46. The standard InChI is InChI=1S/C19H29ClN4O2.HI/c1-3-22-19(23-13-17(25)15-4-6-16(20)7-5-15)24-10-8-14(9-11-24)12-18(26)21-2;/h4-7,14,17,25H,3,8-13H2,1-2H3,(H,21,26)(H,22,23);1H. The van der Waals surface area contributed by atoms with Crippen LogP contribution in [0.2, 0.25) is 5.02 Å². The minimum Gasteiger partial charge on any atom is -0.386 e. The van der Waals surface area contributed by atoms with Crippen LogP contribution >= 0.6 is 35.6 Å². The average Bonchev–Trinajstić information content (AvgIpc) is 2.66. The molecule has 1 unspecified atom stereocenters. The Kier molecular flexibility index (Phi) is 11.0. The molecule has 2 rings (SSSR count). The number of aliphatic imine (C=N–C) groups is 1. The van der Waals surface area contributed by atoms with Crippen molar-refractivity contribution in [3.63, 3.8) is 0 Å². The number of benzene rings is 1. The quantitative estimate of drug-likeness (QED) is 0.314. The Labute approximate surface area is 183 Å². The van der Waals surface area contributed by atoms with Gasteiger partial charge in [-0.15, -0.1) is 24.0 Å². The van der Waals surface area contributed by atoms with Crippen LogP contribution < -0.4 is 10.6 Å². The summed E-state index contributed by atoms with van der Waals surface area (Å²) in [6.45, 7) is 4.83. The molecule has 1 amide bonds. The van der Waals surface area contributed by atoms with Gasteiger partial charge >= 0.3 is 0 Å². The summed E-state index contributed by atoms with van der Waals surface area (Å²) >= 11 is 5.89. The highest BCUT2D eigenvalue weighted by Crippen LogP contribution is 2.21. The number of hydrogen-bond donors (Lipinski definition) is 3. The number of nitrogens with zero attached hydrogens (tertiary/aromatic N) is 2. The van der Waals surface area contributed by atoms with E-state index in [-0.39, 0.29) is 29.9 Å². The third kappa shape index (κ3) is 7.83. The summed E-state index contributed by atoms with van der Waals surface area (Å²) in [5, 5.41) is 17.0. The predicted molar refractivity (Wildman–Crippen MR) is 121 cm³/mol. The van der Waals surface area contributed by atoms with Crippen LogP contribution in [-0.4, -0.2) is 55.1 Å². The molecule has 1 aromatic carbocycles. The van der Waals surface area contributed by atoms with Crippen molar-refractivity contribution in [2.45, 2.75) is 32.3 Å². The predicted octanol–water partition coefficient (Wildman–Crippen LogP) is 2.81. The van der Waals surface area contributed by atoms with Crippen LogP contribution in [0.15, 0.2) is 29.3 Å². The van der Waals surface area contributed by atoms with Crippen LogP contribution in [0.4, 0.5) is 0 Å². The summed E-state index contributed by atoms with van der Waals surface area (Å²) in [6, 6.07) is 7.18. The number of hydrogen-bond acceptors (Lipinski definition) is 3. The van der Waals surface area contributed by atoms with Gasteiger partial charge in [0.05, 0.1) is 12.6 Å². The minimum absolute atomic E-state index is 0. The van der Waals surface area contributed by atoms with Gasteiger partial charge in [-0.1, -0.05) is 23.7 Å². The molecule has 27 heavy (non-hydrogen) atoms. The maximum Gasteiger partial charge on any atom is 0.220 e. The number of guanidine groups is 1. The lowest BCUT2D eigenvalue weighted by Gasteiger charge is -2.34. The molecule has 0 saturated carbocycles. The van der Waals surface area contributed by atoms with Gasteiger partial charge in [-0.2, -0.15) is 0 Å². The van der Waals surface area contributed by atoms with Gasteiger partial charge in [0.25, 0.3) is 0 Å². The Hall–Kier alpha value is -1.06. The number of nitrogens with one attached hydrogen (secondary N) is 2. The Balaban J connectivity index is 0.00000364. The molecule has 1 atom stereocenters. The van der Waals surface area contributed by atoms with Gasteiger partial charge in [0.2, 0.25) is 5.91 Å². The number of rotatable bonds is 6. The second-order valence-electron chi connectivity index (χ2n) is 6.57. The Morgan fingerprint density at radius 1 is 1.33 bits per heavy atom. The van der Waals surface area contributed by atoms with Crippen LogP contribution in [0.3, 0.4) is 0 Å². The highest BCUT2D eigenvalue weighted by molar-refractivity contribution is 14.0. The van der Waals surface area contributed by atoms with Crippen molar-refractivity contribution in [2.75, 3.05) is 33.2 Å². The van der Waals surface area contributed by atoms with Crippen molar-refractivity contribution >= 4 is 47.4 Å². The van der Waals surface area contributed by atoms with Gasteiger partial charge < -0.3 is 20.6 Å². The summed E-state index contributed by atoms with van der Waals surface area (Å²) in [7, 11) is 1.68. The zero-order chi connectivity index (χ0) is 18.9. The summed E-state index contributed by atoms with van der Waals surface area (Å²) in [6.07, 6.45) is 1.87. The summed E-state index contributed by atoms with van der Waals surface area (Å²) in [4.78, 5) is 18.3. The van der Waals surface area contributed by atoms with Crippen LogP contribution in [0.1, 0.15) is 37.9 Å². The third-order valence-corrected chi connectivity index (χ3v) is 4.92. The number of carbonyl (C=O) groups excluding carboxylic acids is 1. The molecule has 8 heteroatoms. The molecule has 1 heterocycles. The molecule has 0 radical (unpaired) electrons. The Morgan fingerprint density at radius 2 is 1.96 bits per heavy atom. The molecule has 3 N–H and O–H groups in total. The number of halogens is 2. The first kappa shape index (κ1) is 24.0. The summed E-state index contributed by atoms with van der Waals surface area (Å²) in [5.41, 5.74) is 0.804. The molecule has 1 saturated heterocycles. The van der Waals surface area contributed by atoms with E-state index in [1.54, 1.807) is 19.2 Å². The van der Waals surface area contributed by atoms with Gasteiger partial charge in [-0.05, 0) is 43.4 Å². The van der Waals surface area contributed by atoms with Crippen molar-refractivity contribution in [1.29, 1.82) is 0 Å². The van der Waals surface area contributed by atoms with E-state index < -0.39 is 6.10 Å². The first-order valence-electron chi connectivity index (χ1n) is 9.20. The minimum atomic E-state index is -0.660. The first-order chi connectivity index (χ1) is 12.5. The lowest BCUT2D eigenvalue weighted by molar-refractivity contribution is -0.121. The molecule has 1 aliphatic heterocycles. The molecule has 0 aromatic heterocycles. The van der Waals surface area contributed by atoms with E-state index in [0.29, 0.717) is 23.9 Å². The molecule has 1 aromatic rings. The van der Waals surface area contributed by atoms with E-state index in [4.69, 9.17) is 11.6 Å². The van der Waals surface area contributed by atoms with Gasteiger partial charge in [0, 0.05) is 38.1 Å². The Morgan fingerprint density at radius 3 is 2.52 bits per heavy atom. The molecule has 152 valence electrons. The third-order valence-electron chi connectivity index (χ3n) is 4.67. The van der Waals surface area contributed by atoms with Crippen LogP contribution in [0.5, 0.6) is 0 Å². The van der Waals surface area contributed by atoms with E-state index in [9.17, 15) is 9.90 Å². The first-order valence-corrected chi connectivity index (χ1v) is 9.58. The second kappa shape index (κ2) is 12.4. The number of likely N-dealkylation sites (tertiary alicyclic amines) is 1. The molecular formula is C19H30ClIN4O2. The van der Waals surface area contributed by atoms with Crippen molar-refractivity contribution in [3.8, 4) is 0 Å². The number of aliphatic hydroxyl groups is 1. The smallest absolute Gasteiger partial charge is 0.220 e. The van der Waals surface area contributed by atoms with Crippen molar-refractivity contribution in [1.82, 2.24) is 15.5 Å². The van der Waals surface area contributed by atoms with E-state index in [1.807, 2.05) is 19.1 Å². The van der Waals surface area contributed by atoms with Crippen molar-refractivity contribution in [2.24, 2.45) is 10.9 Å². The fourth-order valence-electron chi connectivity index (χ4n) is 3.10.